The number of hydrogen-bond acceptors (Lipinski definition) is 6. The van der Waals surface area contributed by atoms with Crippen molar-refractivity contribution in [1.82, 2.24) is 13.9 Å². The molecule has 0 amide bonds. The summed E-state index contributed by atoms with van der Waals surface area (Å²) in [5.74, 6) is 1.55. The number of hydrogen-bond donors (Lipinski definition) is 0. The van der Waals surface area contributed by atoms with Crippen molar-refractivity contribution in [2.75, 3.05) is 33.9 Å². The number of ketones is 1. The number of ether oxygens (including phenoxy) is 2. The van der Waals surface area contributed by atoms with E-state index >= 15 is 0 Å². The normalized spacial score (nSPS) is 11.8. The third kappa shape index (κ3) is 6.60. The molecule has 0 unspecified atom stereocenters. The lowest BCUT2D eigenvalue weighted by atomic mass is 10.0. The van der Waals surface area contributed by atoms with Crippen molar-refractivity contribution < 1.29 is 22.7 Å². The van der Waals surface area contributed by atoms with Gasteiger partial charge in [0, 0.05) is 38.8 Å². The van der Waals surface area contributed by atoms with E-state index in [1.807, 2.05) is 49.0 Å². The van der Waals surface area contributed by atoms with E-state index < -0.39 is 10.0 Å². The highest BCUT2D eigenvalue weighted by atomic mass is 32.2. The van der Waals surface area contributed by atoms with Gasteiger partial charge in [-0.1, -0.05) is 24.3 Å². The number of rotatable bonds is 12. The minimum absolute atomic E-state index is 0.0215. The number of aryl methyl sites for hydroxylation is 5. The maximum atomic E-state index is 13.1. The molecule has 0 atom stereocenters. The molecule has 0 saturated heterocycles. The SMILES string of the molecule is COc1cc(C)c(S(=O)(=O)N(C)CCOCC(=O)CCc2ccc(-c3cn(C)c(C)n3)cc2)c(C)c1. The topological polar surface area (TPSA) is 90.7 Å². The van der Waals surface area contributed by atoms with Gasteiger partial charge in [-0.3, -0.25) is 4.79 Å². The lowest BCUT2D eigenvalue weighted by Gasteiger charge is -2.20. The van der Waals surface area contributed by atoms with Crippen molar-refractivity contribution in [3.8, 4) is 17.0 Å². The van der Waals surface area contributed by atoms with Crippen LogP contribution in [-0.4, -0.2) is 62.0 Å². The molecule has 0 spiro atoms. The zero-order valence-corrected chi connectivity index (χ0v) is 22.7. The Labute approximate surface area is 213 Å². The first kappa shape index (κ1) is 27.6. The van der Waals surface area contributed by atoms with E-state index in [1.54, 1.807) is 33.1 Å². The summed E-state index contributed by atoms with van der Waals surface area (Å²) in [4.78, 5) is 17.1. The van der Waals surface area contributed by atoms with Crippen molar-refractivity contribution in [2.45, 2.75) is 38.5 Å². The summed E-state index contributed by atoms with van der Waals surface area (Å²) in [6.45, 7) is 5.70. The van der Waals surface area contributed by atoms with Gasteiger partial charge in [-0.25, -0.2) is 13.4 Å². The van der Waals surface area contributed by atoms with E-state index in [-0.39, 0.29) is 30.4 Å². The average molecular weight is 514 g/mol. The van der Waals surface area contributed by atoms with Crippen molar-refractivity contribution in [1.29, 1.82) is 0 Å². The highest BCUT2D eigenvalue weighted by Gasteiger charge is 2.25. The zero-order valence-electron chi connectivity index (χ0n) is 21.9. The summed E-state index contributed by atoms with van der Waals surface area (Å²) >= 11 is 0. The molecule has 0 radical (unpaired) electrons. The van der Waals surface area contributed by atoms with E-state index in [9.17, 15) is 13.2 Å². The Balaban J connectivity index is 1.44. The van der Waals surface area contributed by atoms with Gasteiger partial charge in [-0.05, 0) is 56.0 Å². The quantitative estimate of drug-likeness (QED) is 0.342. The molecule has 1 aromatic heterocycles. The molecule has 0 aliphatic heterocycles. The third-order valence-electron chi connectivity index (χ3n) is 6.20. The summed E-state index contributed by atoms with van der Waals surface area (Å²) in [7, 11) is 1.34. The van der Waals surface area contributed by atoms with Crippen LogP contribution in [0.3, 0.4) is 0 Å². The minimum atomic E-state index is -3.69. The van der Waals surface area contributed by atoms with Crippen LogP contribution < -0.4 is 4.74 Å². The molecular formula is C27H35N3O5S. The van der Waals surface area contributed by atoms with Crippen molar-refractivity contribution in [3.05, 3.63) is 65.1 Å². The summed E-state index contributed by atoms with van der Waals surface area (Å²) < 4.78 is 40.0. The first-order chi connectivity index (χ1) is 17.0. The van der Waals surface area contributed by atoms with Crippen molar-refractivity contribution in [3.63, 3.8) is 0 Å². The van der Waals surface area contributed by atoms with E-state index in [0.29, 0.717) is 29.7 Å². The molecule has 0 fully saturated rings. The summed E-state index contributed by atoms with van der Waals surface area (Å²) in [5.41, 5.74) is 4.28. The summed E-state index contributed by atoms with van der Waals surface area (Å²) in [5, 5.41) is 0. The maximum absolute atomic E-state index is 13.1. The Morgan fingerprint density at radius 2 is 1.72 bits per heavy atom. The van der Waals surface area contributed by atoms with Crippen LogP contribution >= 0.6 is 0 Å². The van der Waals surface area contributed by atoms with Gasteiger partial charge in [0.2, 0.25) is 10.0 Å². The number of aromatic nitrogens is 2. The lowest BCUT2D eigenvalue weighted by Crippen LogP contribution is -2.31. The number of benzene rings is 2. The monoisotopic (exact) mass is 513 g/mol. The maximum Gasteiger partial charge on any atom is 0.243 e. The van der Waals surface area contributed by atoms with Crippen LogP contribution in [0.25, 0.3) is 11.3 Å². The fourth-order valence-corrected chi connectivity index (χ4v) is 5.54. The number of sulfonamides is 1. The van der Waals surface area contributed by atoms with E-state index in [2.05, 4.69) is 4.98 Å². The molecule has 3 rings (SSSR count). The molecule has 0 aliphatic carbocycles. The molecule has 8 nitrogen and oxygen atoms in total. The molecule has 36 heavy (non-hydrogen) atoms. The second-order valence-corrected chi connectivity index (χ2v) is 11.0. The molecule has 0 aliphatic rings. The van der Waals surface area contributed by atoms with Gasteiger partial charge >= 0.3 is 0 Å². The molecule has 194 valence electrons. The number of Topliss-reactive ketones (excluding diaryl/α,β-unsaturated/α-hetero) is 1. The number of imidazole rings is 1. The van der Waals surface area contributed by atoms with Crippen LogP contribution in [0.2, 0.25) is 0 Å². The highest BCUT2D eigenvalue weighted by Crippen LogP contribution is 2.27. The molecule has 0 saturated carbocycles. The second kappa shape index (κ2) is 11.8. The fraction of sp³-hybridized carbons (Fsp3) is 0.407. The Hall–Kier alpha value is -3.01. The van der Waals surface area contributed by atoms with Crippen LogP contribution in [0.4, 0.5) is 0 Å². The first-order valence-electron chi connectivity index (χ1n) is 11.8. The van der Waals surface area contributed by atoms with Gasteiger partial charge in [-0.15, -0.1) is 0 Å². The molecular weight excluding hydrogens is 478 g/mol. The molecule has 0 N–H and O–H groups in total. The smallest absolute Gasteiger partial charge is 0.243 e. The number of nitrogens with zero attached hydrogens (tertiary/aromatic N) is 3. The molecule has 2 aromatic carbocycles. The third-order valence-corrected chi connectivity index (χ3v) is 8.37. The molecule has 9 heteroatoms. The molecule has 3 aromatic rings. The number of methoxy groups -OCH3 is 1. The fourth-order valence-electron chi connectivity index (χ4n) is 3.99. The summed E-state index contributed by atoms with van der Waals surface area (Å²) in [6, 6.07) is 11.5. The van der Waals surface area contributed by atoms with Crippen LogP contribution in [-0.2, 0) is 33.0 Å². The second-order valence-electron chi connectivity index (χ2n) is 8.99. The molecule has 0 bridgehead atoms. The van der Waals surface area contributed by atoms with Gasteiger partial charge < -0.3 is 14.0 Å². The average Bonchev–Trinajstić information content (AvgIpc) is 3.17. The van der Waals surface area contributed by atoms with E-state index in [1.165, 1.54) is 11.4 Å². The number of carbonyl (C=O) groups excluding carboxylic acids is 1. The first-order valence-corrected chi connectivity index (χ1v) is 13.3. The number of likely N-dealkylation sites (N-methyl/N-ethyl adjacent to an activating group) is 1. The predicted octanol–water partition coefficient (Wildman–Crippen LogP) is 3.86. The van der Waals surface area contributed by atoms with Crippen LogP contribution in [0, 0.1) is 20.8 Å². The van der Waals surface area contributed by atoms with Gasteiger partial charge in [0.05, 0.1) is 24.3 Å². The van der Waals surface area contributed by atoms with Crippen molar-refractivity contribution in [2.24, 2.45) is 7.05 Å². The van der Waals surface area contributed by atoms with E-state index in [0.717, 1.165) is 22.6 Å². The molecule has 1 heterocycles. The van der Waals surface area contributed by atoms with Gasteiger partial charge in [0.1, 0.15) is 18.2 Å². The minimum Gasteiger partial charge on any atom is -0.497 e. The largest absolute Gasteiger partial charge is 0.497 e. The lowest BCUT2D eigenvalue weighted by molar-refractivity contribution is -0.123. The highest BCUT2D eigenvalue weighted by molar-refractivity contribution is 7.89. The Morgan fingerprint density at radius 1 is 1.08 bits per heavy atom. The van der Waals surface area contributed by atoms with Gasteiger partial charge in [0.25, 0.3) is 0 Å². The Morgan fingerprint density at radius 3 is 2.28 bits per heavy atom. The predicted molar refractivity (Wildman–Crippen MR) is 140 cm³/mol. The van der Waals surface area contributed by atoms with Crippen molar-refractivity contribution >= 4 is 15.8 Å². The standard InChI is InChI=1S/C27H35N3O5S/c1-19-15-25(34-6)16-20(2)27(19)36(32,33)30(5)13-14-35-18-24(31)12-9-22-7-10-23(11-8-22)26-17-29(4)21(3)28-26/h7-8,10-11,15-17H,9,12-14,18H2,1-6H3. The van der Waals surface area contributed by atoms with Crippen LogP contribution in [0.1, 0.15) is 28.9 Å². The zero-order chi connectivity index (χ0) is 26.5. The Bertz CT molecular complexity index is 1270. The van der Waals surface area contributed by atoms with Crippen LogP contribution in [0.5, 0.6) is 5.75 Å². The van der Waals surface area contributed by atoms with Gasteiger partial charge in [-0.2, -0.15) is 4.31 Å². The summed E-state index contributed by atoms with van der Waals surface area (Å²) in [6.07, 6.45) is 2.97. The van der Waals surface area contributed by atoms with E-state index in [4.69, 9.17) is 9.47 Å². The number of carbonyl (C=O) groups is 1. The van der Waals surface area contributed by atoms with Crippen LogP contribution in [0.15, 0.2) is 47.5 Å². The Kier molecular flexibility index (Phi) is 9.05. The van der Waals surface area contributed by atoms with Gasteiger partial charge in [0.15, 0.2) is 5.78 Å².